The molecule has 6 nitrogen and oxygen atoms in total. The van der Waals surface area contributed by atoms with E-state index in [9.17, 15) is 18.0 Å². The molecule has 1 unspecified atom stereocenters. The normalized spacial score (nSPS) is 19.8. The molecule has 9 heteroatoms. The lowest BCUT2D eigenvalue weighted by atomic mass is 10.1. The van der Waals surface area contributed by atoms with Crippen molar-refractivity contribution < 1.29 is 18.0 Å². The van der Waals surface area contributed by atoms with Crippen LogP contribution >= 0.6 is 0 Å². The number of nitrogens with zero attached hydrogens (tertiary/aromatic N) is 5. The van der Waals surface area contributed by atoms with Gasteiger partial charge in [-0.05, 0) is 18.9 Å². The van der Waals surface area contributed by atoms with Crippen LogP contribution in [0, 0.1) is 0 Å². The van der Waals surface area contributed by atoms with Crippen molar-refractivity contribution in [3.8, 4) is 0 Å². The number of aromatic nitrogens is 4. The number of carbonyl (C=O) groups is 1. The molecule has 2 aromatic heterocycles. The maximum Gasteiger partial charge on any atom is 0.408 e. The Morgan fingerprint density at radius 3 is 2.83 bits per heavy atom. The van der Waals surface area contributed by atoms with Crippen LogP contribution < -0.4 is 0 Å². The highest BCUT2D eigenvalue weighted by Crippen LogP contribution is 2.32. The molecule has 1 amide bonds. The molecule has 0 radical (unpaired) electrons. The minimum atomic E-state index is -4.44. The second-order valence-electron chi connectivity index (χ2n) is 5.65. The number of halogens is 3. The third-order valence-corrected chi connectivity index (χ3v) is 4.11. The standard InChI is InChI=1S/C14H16F3N5O/c1-21-12-11(19-20-21)9(6-7-18-12)13(23)22-8-4-2-3-5-10(22)14(15,16)17/h6-7,10H,2-5,8H2,1H3. The smallest absolute Gasteiger partial charge is 0.326 e. The number of alkyl halides is 3. The van der Waals surface area contributed by atoms with Crippen molar-refractivity contribution in [2.24, 2.45) is 7.05 Å². The molecule has 3 heterocycles. The molecule has 1 aliphatic heterocycles. The largest absolute Gasteiger partial charge is 0.408 e. The van der Waals surface area contributed by atoms with Crippen LogP contribution in [0.2, 0.25) is 0 Å². The van der Waals surface area contributed by atoms with Gasteiger partial charge >= 0.3 is 6.18 Å². The molecule has 23 heavy (non-hydrogen) atoms. The second-order valence-corrected chi connectivity index (χ2v) is 5.65. The third-order valence-electron chi connectivity index (χ3n) is 4.11. The van der Waals surface area contributed by atoms with E-state index in [1.165, 1.54) is 16.9 Å². The molecule has 1 saturated heterocycles. The number of rotatable bonds is 1. The fourth-order valence-corrected chi connectivity index (χ4v) is 2.95. The Morgan fingerprint density at radius 1 is 1.30 bits per heavy atom. The second kappa shape index (κ2) is 5.78. The summed E-state index contributed by atoms with van der Waals surface area (Å²) < 4.78 is 41.4. The van der Waals surface area contributed by atoms with E-state index in [0.717, 1.165) is 4.90 Å². The summed E-state index contributed by atoms with van der Waals surface area (Å²) in [7, 11) is 1.61. The lowest BCUT2D eigenvalue weighted by Crippen LogP contribution is -2.48. The van der Waals surface area contributed by atoms with E-state index < -0.39 is 18.1 Å². The summed E-state index contributed by atoms with van der Waals surface area (Å²) in [6, 6.07) is -0.352. The molecule has 2 aromatic rings. The van der Waals surface area contributed by atoms with Gasteiger partial charge in [0.2, 0.25) is 0 Å². The number of carbonyl (C=O) groups excluding carboxylic acids is 1. The number of hydrogen-bond acceptors (Lipinski definition) is 4. The van der Waals surface area contributed by atoms with Crippen LogP contribution in [-0.4, -0.2) is 49.5 Å². The zero-order chi connectivity index (χ0) is 16.6. The van der Waals surface area contributed by atoms with Crippen molar-refractivity contribution in [1.29, 1.82) is 0 Å². The van der Waals surface area contributed by atoms with Crippen LogP contribution in [0.3, 0.4) is 0 Å². The van der Waals surface area contributed by atoms with Crippen molar-refractivity contribution in [3.63, 3.8) is 0 Å². The Hall–Kier alpha value is -2.19. The first kappa shape index (κ1) is 15.7. The first-order valence-corrected chi connectivity index (χ1v) is 7.41. The van der Waals surface area contributed by atoms with Gasteiger partial charge in [-0.2, -0.15) is 13.2 Å². The summed E-state index contributed by atoms with van der Waals surface area (Å²) in [5, 5.41) is 7.65. The van der Waals surface area contributed by atoms with Gasteiger partial charge in [0, 0.05) is 19.8 Å². The van der Waals surface area contributed by atoms with E-state index >= 15 is 0 Å². The minimum Gasteiger partial charge on any atom is -0.326 e. The topological polar surface area (TPSA) is 63.9 Å². The number of aryl methyl sites for hydroxylation is 1. The predicted molar refractivity (Wildman–Crippen MR) is 75.7 cm³/mol. The van der Waals surface area contributed by atoms with Crippen molar-refractivity contribution in [2.45, 2.75) is 37.9 Å². The van der Waals surface area contributed by atoms with E-state index in [1.807, 2.05) is 0 Å². The highest BCUT2D eigenvalue weighted by molar-refractivity contribution is 6.04. The van der Waals surface area contributed by atoms with E-state index in [0.29, 0.717) is 24.9 Å². The van der Waals surface area contributed by atoms with Gasteiger partial charge in [-0.3, -0.25) is 4.79 Å². The number of hydrogen-bond donors (Lipinski definition) is 0. The van der Waals surface area contributed by atoms with Crippen molar-refractivity contribution >= 4 is 17.1 Å². The highest BCUT2D eigenvalue weighted by Gasteiger charge is 2.45. The molecule has 0 N–H and O–H groups in total. The number of pyridine rings is 1. The molecule has 0 aliphatic carbocycles. The molecule has 1 atom stereocenters. The predicted octanol–water partition coefficient (Wildman–Crippen LogP) is 2.31. The molecule has 1 fully saturated rings. The Morgan fingerprint density at radius 2 is 2.09 bits per heavy atom. The summed E-state index contributed by atoms with van der Waals surface area (Å²) in [6.45, 7) is 0.0904. The first-order valence-electron chi connectivity index (χ1n) is 7.41. The molecule has 3 rings (SSSR count). The Labute approximate surface area is 130 Å². The maximum atomic E-state index is 13.3. The molecular formula is C14H16F3N5O. The molecular weight excluding hydrogens is 311 g/mol. The Kier molecular flexibility index (Phi) is 3.95. The van der Waals surface area contributed by atoms with E-state index in [2.05, 4.69) is 15.3 Å². The van der Waals surface area contributed by atoms with Gasteiger partial charge in [0.1, 0.15) is 11.6 Å². The fourth-order valence-electron chi connectivity index (χ4n) is 2.95. The monoisotopic (exact) mass is 327 g/mol. The summed E-state index contributed by atoms with van der Waals surface area (Å²) in [4.78, 5) is 17.7. The van der Waals surface area contributed by atoms with Gasteiger partial charge in [0.15, 0.2) is 5.65 Å². The Balaban J connectivity index is 2.02. The molecule has 0 spiro atoms. The fraction of sp³-hybridized carbons (Fsp3) is 0.571. The van der Waals surface area contributed by atoms with Crippen molar-refractivity contribution in [2.75, 3.05) is 6.54 Å². The van der Waals surface area contributed by atoms with Crippen LogP contribution in [0.15, 0.2) is 12.3 Å². The van der Waals surface area contributed by atoms with Crippen LogP contribution in [0.25, 0.3) is 11.2 Å². The summed E-state index contributed by atoms with van der Waals surface area (Å²) in [6.07, 6.45) is -1.40. The third kappa shape index (κ3) is 2.87. The average Bonchev–Trinajstić information content (AvgIpc) is 2.74. The van der Waals surface area contributed by atoms with Crippen molar-refractivity contribution in [1.82, 2.24) is 24.9 Å². The van der Waals surface area contributed by atoms with Crippen molar-refractivity contribution in [3.05, 3.63) is 17.8 Å². The summed E-state index contributed by atoms with van der Waals surface area (Å²) in [5.74, 6) is -0.665. The van der Waals surface area contributed by atoms with E-state index in [1.54, 1.807) is 7.05 Å². The SMILES string of the molecule is Cn1nnc2c(C(=O)N3CCCCCC3C(F)(F)F)ccnc21. The first-order chi connectivity index (χ1) is 10.9. The van der Waals surface area contributed by atoms with Crippen LogP contribution in [0.5, 0.6) is 0 Å². The quantitative estimate of drug-likeness (QED) is 0.806. The summed E-state index contributed by atoms with van der Waals surface area (Å²) in [5.41, 5.74) is 0.707. The maximum absolute atomic E-state index is 13.3. The van der Waals surface area contributed by atoms with Crippen LogP contribution in [0.4, 0.5) is 13.2 Å². The average molecular weight is 327 g/mol. The summed E-state index contributed by atoms with van der Waals surface area (Å²) >= 11 is 0. The van der Waals surface area contributed by atoms with E-state index in [4.69, 9.17) is 0 Å². The highest BCUT2D eigenvalue weighted by atomic mass is 19.4. The zero-order valence-electron chi connectivity index (χ0n) is 12.5. The zero-order valence-corrected chi connectivity index (χ0v) is 12.5. The number of likely N-dealkylation sites (tertiary alicyclic amines) is 1. The molecule has 0 aromatic carbocycles. The van der Waals surface area contributed by atoms with Crippen LogP contribution in [-0.2, 0) is 7.05 Å². The number of fused-ring (bicyclic) bond motifs is 1. The Bertz CT molecular complexity index is 727. The number of amides is 1. The van der Waals surface area contributed by atoms with Gasteiger partial charge in [0.25, 0.3) is 5.91 Å². The lowest BCUT2D eigenvalue weighted by molar-refractivity contribution is -0.177. The molecule has 124 valence electrons. The van der Waals surface area contributed by atoms with Crippen LogP contribution in [0.1, 0.15) is 36.0 Å². The van der Waals surface area contributed by atoms with E-state index in [-0.39, 0.29) is 24.0 Å². The van der Waals surface area contributed by atoms with Gasteiger partial charge in [-0.15, -0.1) is 5.10 Å². The van der Waals surface area contributed by atoms with Gasteiger partial charge in [-0.25, -0.2) is 9.67 Å². The molecule has 0 bridgehead atoms. The van der Waals surface area contributed by atoms with Gasteiger partial charge in [-0.1, -0.05) is 18.1 Å². The molecule has 1 aliphatic rings. The van der Waals surface area contributed by atoms with Gasteiger partial charge in [0.05, 0.1) is 5.56 Å². The lowest BCUT2D eigenvalue weighted by Gasteiger charge is -2.31. The molecule has 0 saturated carbocycles. The van der Waals surface area contributed by atoms with Gasteiger partial charge < -0.3 is 4.90 Å². The minimum absolute atomic E-state index is 0.0655.